The fourth-order valence-electron chi connectivity index (χ4n) is 5.11. The Morgan fingerprint density at radius 1 is 0.500 bits per heavy atom. The molecule has 4 rings (SSSR count). The smallest absolute Gasteiger partial charge is 0.134 e. The molecule has 0 spiro atoms. The Balaban J connectivity index is 1.87. The van der Waals surface area contributed by atoms with Gasteiger partial charge in [0.1, 0.15) is 23.0 Å². The monoisotopic (exact) mass is 550 g/mol. The first-order valence-electron chi connectivity index (χ1n) is 12.4. The number of rotatable bonds is 7. The van der Waals surface area contributed by atoms with E-state index in [0.29, 0.717) is 12.8 Å². The molecule has 0 atom stereocenters. The van der Waals surface area contributed by atoms with Crippen molar-refractivity contribution in [2.75, 3.05) is 0 Å². The number of halogens is 2. The molecule has 0 bridgehead atoms. The molecule has 0 aliphatic carbocycles. The van der Waals surface area contributed by atoms with Crippen LogP contribution in [0.3, 0.4) is 0 Å². The molecule has 38 heavy (non-hydrogen) atoms. The molecule has 4 aromatic carbocycles. The van der Waals surface area contributed by atoms with Crippen LogP contribution in [0, 0.1) is 13.8 Å². The van der Waals surface area contributed by atoms with Crippen LogP contribution in [0.15, 0.2) is 72.8 Å². The van der Waals surface area contributed by atoms with Crippen molar-refractivity contribution in [3.63, 3.8) is 0 Å². The van der Waals surface area contributed by atoms with Crippen LogP contribution in [-0.4, -0.2) is 20.4 Å². The van der Waals surface area contributed by atoms with Gasteiger partial charge in [0, 0.05) is 10.8 Å². The maximum absolute atomic E-state index is 10.2. The lowest BCUT2D eigenvalue weighted by molar-refractivity contribution is 0.409. The van der Waals surface area contributed by atoms with Gasteiger partial charge in [-0.05, 0) is 96.5 Å². The highest BCUT2D eigenvalue weighted by Crippen LogP contribution is 2.46. The molecule has 4 nitrogen and oxygen atoms in total. The molecule has 0 amide bonds. The molecule has 0 aliphatic rings. The van der Waals surface area contributed by atoms with Crippen LogP contribution in [0.25, 0.3) is 0 Å². The highest BCUT2D eigenvalue weighted by molar-refractivity contribution is 6.32. The van der Waals surface area contributed by atoms with Crippen molar-refractivity contribution in [2.45, 2.75) is 51.4 Å². The molecule has 4 aromatic rings. The van der Waals surface area contributed by atoms with E-state index in [1.54, 1.807) is 36.4 Å². The third-order valence-corrected chi connectivity index (χ3v) is 8.57. The summed E-state index contributed by atoms with van der Waals surface area (Å²) in [6.07, 6.45) is 1.32. The minimum Gasteiger partial charge on any atom is -0.508 e. The zero-order chi connectivity index (χ0) is 27.8. The summed E-state index contributed by atoms with van der Waals surface area (Å²) >= 11 is 12.7. The van der Waals surface area contributed by atoms with E-state index >= 15 is 0 Å². The van der Waals surface area contributed by atoms with Gasteiger partial charge in [0.25, 0.3) is 0 Å². The van der Waals surface area contributed by atoms with Crippen molar-refractivity contribution in [1.29, 1.82) is 0 Å². The summed E-state index contributed by atoms with van der Waals surface area (Å²) in [5, 5.41) is 41.1. The molecule has 0 saturated heterocycles. The fraction of sp³-hybridized carbons (Fsp3) is 0.250. The van der Waals surface area contributed by atoms with Crippen molar-refractivity contribution >= 4 is 23.2 Å². The summed E-state index contributed by atoms with van der Waals surface area (Å²) < 4.78 is 0. The van der Waals surface area contributed by atoms with E-state index in [2.05, 4.69) is 13.8 Å². The third-order valence-electron chi connectivity index (χ3n) is 7.96. The van der Waals surface area contributed by atoms with E-state index in [0.717, 1.165) is 33.4 Å². The van der Waals surface area contributed by atoms with Crippen molar-refractivity contribution in [3.8, 4) is 23.0 Å². The van der Waals surface area contributed by atoms with Crippen molar-refractivity contribution in [1.82, 2.24) is 0 Å². The Morgan fingerprint density at radius 3 is 1.08 bits per heavy atom. The predicted octanol–water partition coefficient (Wildman–Crippen LogP) is 8.53. The van der Waals surface area contributed by atoms with Gasteiger partial charge in [-0.3, -0.25) is 0 Å². The lowest BCUT2D eigenvalue weighted by Crippen LogP contribution is -2.30. The Hall–Kier alpha value is -3.34. The zero-order valence-corrected chi connectivity index (χ0v) is 23.4. The summed E-state index contributed by atoms with van der Waals surface area (Å²) in [5.74, 6) is 0.483. The van der Waals surface area contributed by atoms with Gasteiger partial charge >= 0.3 is 0 Å². The molecule has 0 aromatic heterocycles. The first kappa shape index (κ1) is 27.7. The topological polar surface area (TPSA) is 80.9 Å². The van der Waals surface area contributed by atoms with Gasteiger partial charge in [0.2, 0.25) is 0 Å². The minimum absolute atomic E-state index is 0.00507. The second-order valence-electron chi connectivity index (χ2n) is 10.5. The van der Waals surface area contributed by atoms with E-state index in [4.69, 9.17) is 23.2 Å². The molecular formula is C32H32Cl2O4. The third kappa shape index (κ3) is 5.16. The summed E-state index contributed by atoms with van der Waals surface area (Å²) in [6, 6.07) is 21.7. The Labute approximate surface area is 233 Å². The summed E-state index contributed by atoms with van der Waals surface area (Å²) in [6.45, 7) is 8.02. The summed E-state index contributed by atoms with van der Waals surface area (Å²) in [7, 11) is 0. The van der Waals surface area contributed by atoms with Crippen LogP contribution in [0.2, 0.25) is 10.0 Å². The average molecular weight is 552 g/mol. The van der Waals surface area contributed by atoms with Crippen molar-refractivity contribution in [3.05, 3.63) is 116 Å². The molecule has 0 aliphatic heterocycles. The van der Waals surface area contributed by atoms with Crippen LogP contribution >= 0.6 is 23.2 Å². The van der Waals surface area contributed by atoms with Gasteiger partial charge in [-0.15, -0.1) is 0 Å². The second-order valence-corrected chi connectivity index (χ2v) is 11.3. The second kappa shape index (κ2) is 10.4. The molecule has 0 radical (unpaired) electrons. The van der Waals surface area contributed by atoms with Crippen molar-refractivity contribution in [2.24, 2.45) is 0 Å². The van der Waals surface area contributed by atoms with Gasteiger partial charge in [-0.25, -0.2) is 0 Å². The van der Waals surface area contributed by atoms with Crippen LogP contribution in [-0.2, 0) is 10.8 Å². The molecule has 198 valence electrons. The highest BCUT2D eigenvalue weighted by Gasteiger charge is 2.36. The lowest BCUT2D eigenvalue weighted by atomic mass is 9.66. The molecule has 0 heterocycles. The number of benzene rings is 4. The number of phenols is 4. The Kier molecular flexibility index (Phi) is 7.60. The SMILES string of the molecule is Cc1cc(C(C)(CCC(C)(c2ccc(O)c(Cl)c2)c2ccc(O)c(Cl)c2)c2ccc(O)c(C)c2)ccc1O. The zero-order valence-electron chi connectivity index (χ0n) is 21.9. The van der Waals surface area contributed by atoms with Crippen LogP contribution in [0.1, 0.15) is 60.1 Å². The van der Waals surface area contributed by atoms with Crippen LogP contribution < -0.4 is 0 Å². The highest BCUT2D eigenvalue weighted by atomic mass is 35.5. The standard InChI is InChI=1S/C32H32Cl2O4/c1-19-15-21(5-9-27(19)35)31(3,22-6-10-28(36)20(2)16-22)13-14-32(4,23-7-11-29(37)25(33)17-23)24-8-12-30(38)26(34)18-24/h5-12,15-18,35-38H,13-14H2,1-4H3. The first-order valence-corrected chi connectivity index (χ1v) is 13.2. The molecule has 0 unspecified atom stereocenters. The molecule has 0 fully saturated rings. The number of phenolic OH excluding ortho intramolecular Hbond substituents is 4. The van der Waals surface area contributed by atoms with Gasteiger partial charge in [0.05, 0.1) is 10.0 Å². The van der Waals surface area contributed by atoms with E-state index in [1.165, 1.54) is 0 Å². The van der Waals surface area contributed by atoms with E-state index in [-0.39, 0.29) is 33.0 Å². The quantitative estimate of drug-likeness (QED) is 0.186. The average Bonchev–Trinajstić information content (AvgIpc) is 2.88. The first-order chi connectivity index (χ1) is 17.8. The Bertz CT molecular complexity index is 1280. The maximum Gasteiger partial charge on any atom is 0.134 e. The number of hydrogen-bond donors (Lipinski definition) is 4. The number of aryl methyl sites for hydroxylation is 2. The van der Waals surface area contributed by atoms with Gasteiger partial charge < -0.3 is 20.4 Å². The number of hydrogen-bond acceptors (Lipinski definition) is 4. The Morgan fingerprint density at radius 2 is 0.789 bits per heavy atom. The van der Waals surface area contributed by atoms with E-state index in [9.17, 15) is 20.4 Å². The molecule has 6 heteroatoms. The maximum atomic E-state index is 10.2. The van der Waals surface area contributed by atoms with E-state index in [1.807, 2.05) is 50.2 Å². The van der Waals surface area contributed by atoms with E-state index < -0.39 is 10.8 Å². The lowest BCUT2D eigenvalue weighted by Gasteiger charge is -2.38. The van der Waals surface area contributed by atoms with Crippen LogP contribution in [0.5, 0.6) is 23.0 Å². The van der Waals surface area contributed by atoms with Gasteiger partial charge in [-0.1, -0.05) is 73.4 Å². The van der Waals surface area contributed by atoms with Crippen LogP contribution in [0.4, 0.5) is 0 Å². The predicted molar refractivity (Wildman–Crippen MR) is 154 cm³/mol. The molecule has 0 saturated carbocycles. The number of aromatic hydroxyl groups is 4. The largest absolute Gasteiger partial charge is 0.508 e. The summed E-state index contributed by atoms with van der Waals surface area (Å²) in [5.41, 5.74) is 4.35. The molecule has 4 N–H and O–H groups in total. The fourth-order valence-corrected chi connectivity index (χ4v) is 5.47. The summed E-state index contributed by atoms with van der Waals surface area (Å²) in [4.78, 5) is 0. The van der Waals surface area contributed by atoms with Gasteiger partial charge in [-0.2, -0.15) is 0 Å². The van der Waals surface area contributed by atoms with Crippen molar-refractivity contribution < 1.29 is 20.4 Å². The van der Waals surface area contributed by atoms with Gasteiger partial charge in [0.15, 0.2) is 0 Å². The minimum atomic E-state index is -0.589. The normalized spacial score (nSPS) is 12.1. The molecular weight excluding hydrogens is 519 g/mol.